The third-order valence-electron chi connectivity index (χ3n) is 4.67. The average Bonchev–Trinajstić information content (AvgIpc) is 3.50. The third kappa shape index (κ3) is 3.06. The maximum Gasteiger partial charge on any atom is 0.244 e. The van der Waals surface area contributed by atoms with Gasteiger partial charge in [0, 0.05) is 35.8 Å². The molecule has 0 spiro atoms. The molecule has 134 valence electrons. The number of hydrogen-bond donors (Lipinski definition) is 0. The van der Waals surface area contributed by atoms with Crippen molar-refractivity contribution in [1.29, 1.82) is 0 Å². The van der Waals surface area contributed by atoms with Gasteiger partial charge in [0.1, 0.15) is 5.75 Å². The second-order valence-electron chi connectivity index (χ2n) is 6.45. The Kier molecular flexibility index (Phi) is 4.38. The van der Waals surface area contributed by atoms with E-state index in [2.05, 4.69) is 4.98 Å². The van der Waals surface area contributed by atoms with Gasteiger partial charge in [-0.3, -0.25) is 4.98 Å². The second kappa shape index (κ2) is 6.70. The van der Waals surface area contributed by atoms with Gasteiger partial charge in [-0.25, -0.2) is 8.42 Å². The molecule has 1 fully saturated rings. The Labute approximate surface area is 153 Å². The lowest BCUT2D eigenvalue weighted by Gasteiger charge is -2.23. The van der Waals surface area contributed by atoms with Crippen LogP contribution in [0.1, 0.15) is 18.4 Å². The summed E-state index contributed by atoms with van der Waals surface area (Å²) >= 11 is 0. The van der Waals surface area contributed by atoms with E-state index in [1.807, 2.05) is 36.4 Å². The van der Waals surface area contributed by atoms with Gasteiger partial charge >= 0.3 is 0 Å². The Morgan fingerprint density at radius 2 is 1.85 bits per heavy atom. The highest BCUT2D eigenvalue weighted by molar-refractivity contribution is 7.89. The highest BCUT2D eigenvalue weighted by atomic mass is 32.2. The quantitative estimate of drug-likeness (QED) is 0.667. The van der Waals surface area contributed by atoms with Crippen LogP contribution in [0.4, 0.5) is 0 Å². The molecular weight excluding hydrogens is 348 g/mol. The Balaban J connectivity index is 1.81. The zero-order chi connectivity index (χ0) is 18.1. The van der Waals surface area contributed by atoms with Crippen molar-refractivity contribution in [2.45, 2.75) is 30.3 Å². The zero-order valence-corrected chi connectivity index (χ0v) is 15.3. The van der Waals surface area contributed by atoms with Gasteiger partial charge in [-0.1, -0.05) is 30.3 Å². The van der Waals surface area contributed by atoms with E-state index in [4.69, 9.17) is 4.74 Å². The summed E-state index contributed by atoms with van der Waals surface area (Å²) in [6.45, 7) is 0.335. The van der Waals surface area contributed by atoms with Crippen molar-refractivity contribution in [3.05, 3.63) is 66.5 Å². The van der Waals surface area contributed by atoms with E-state index in [1.165, 1.54) is 0 Å². The van der Waals surface area contributed by atoms with Gasteiger partial charge < -0.3 is 4.74 Å². The molecule has 4 rings (SSSR count). The number of hydrogen-bond acceptors (Lipinski definition) is 4. The molecule has 0 saturated heterocycles. The monoisotopic (exact) mass is 368 g/mol. The number of benzene rings is 2. The molecule has 2 aromatic carbocycles. The molecule has 3 aromatic rings. The number of fused-ring (bicyclic) bond motifs is 1. The van der Waals surface area contributed by atoms with Crippen LogP contribution in [0.25, 0.3) is 10.8 Å². The first-order chi connectivity index (χ1) is 12.6. The fourth-order valence-electron chi connectivity index (χ4n) is 3.22. The average molecular weight is 368 g/mol. The summed E-state index contributed by atoms with van der Waals surface area (Å²) < 4.78 is 34.0. The summed E-state index contributed by atoms with van der Waals surface area (Å²) in [6.07, 6.45) is 5.20. The Morgan fingerprint density at radius 1 is 1.08 bits per heavy atom. The maximum absolute atomic E-state index is 13.5. The lowest BCUT2D eigenvalue weighted by Crippen LogP contribution is -2.32. The van der Waals surface area contributed by atoms with Crippen LogP contribution in [0, 0.1) is 0 Å². The molecule has 1 aliphatic rings. The maximum atomic E-state index is 13.5. The number of ether oxygens (including phenoxy) is 1. The Morgan fingerprint density at radius 3 is 2.50 bits per heavy atom. The van der Waals surface area contributed by atoms with Crippen molar-refractivity contribution in [3.63, 3.8) is 0 Å². The summed E-state index contributed by atoms with van der Waals surface area (Å²) in [4.78, 5) is 4.43. The molecule has 1 aromatic heterocycles. The topological polar surface area (TPSA) is 59.5 Å². The molecular formula is C20H20N2O3S. The lowest BCUT2D eigenvalue weighted by atomic mass is 10.1. The molecule has 0 unspecified atom stereocenters. The first-order valence-corrected chi connectivity index (χ1v) is 10.0. The van der Waals surface area contributed by atoms with Gasteiger partial charge in [0.25, 0.3) is 0 Å². The molecule has 1 saturated carbocycles. The Bertz CT molecular complexity index is 1030. The molecule has 0 aliphatic heterocycles. The largest absolute Gasteiger partial charge is 0.496 e. The highest BCUT2D eigenvalue weighted by Crippen LogP contribution is 2.37. The van der Waals surface area contributed by atoms with Crippen LogP contribution in [-0.2, 0) is 16.6 Å². The molecule has 5 nitrogen and oxygen atoms in total. The van der Waals surface area contributed by atoms with Crippen molar-refractivity contribution >= 4 is 20.8 Å². The minimum Gasteiger partial charge on any atom is -0.496 e. The van der Waals surface area contributed by atoms with Crippen molar-refractivity contribution in [1.82, 2.24) is 9.29 Å². The second-order valence-corrected chi connectivity index (χ2v) is 8.31. The van der Waals surface area contributed by atoms with Crippen LogP contribution in [0.2, 0.25) is 0 Å². The molecule has 1 aliphatic carbocycles. The first kappa shape index (κ1) is 17.0. The van der Waals surface area contributed by atoms with Gasteiger partial charge in [-0.15, -0.1) is 0 Å². The molecule has 0 amide bonds. The van der Waals surface area contributed by atoms with E-state index in [0.717, 1.165) is 23.8 Å². The fraction of sp³-hybridized carbons (Fsp3) is 0.250. The predicted octanol–water partition coefficient (Wildman–Crippen LogP) is 3.60. The van der Waals surface area contributed by atoms with Crippen LogP contribution in [0.5, 0.6) is 5.75 Å². The van der Waals surface area contributed by atoms with E-state index in [-0.39, 0.29) is 6.04 Å². The van der Waals surface area contributed by atoms with E-state index < -0.39 is 10.0 Å². The number of methoxy groups -OCH3 is 1. The number of aromatic nitrogens is 1. The van der Waals surface area contributed by atoms with Crippen molar-refractivity contribution in [2.24, 2.45) is 0 Å². The van der Waals surface area contributed by atoms with Crippen LogP contribution in [-0.4, -0.2) is 30.9 Å². The molecule has 0 atom stereocenters. The smallest absolute Gasteiger partial charge is 0.244 e. The third-order valence-corrected chi connectivity index (χ3v) is 6.62. The van der Waals surface area contributed by atoms with Crippen LogP contribution >= 0.6 is 0 Å². The zero-order valence-electron chi connectivity index (χ0n) is 14.5. The van der Waals surface area contributed by atoms with E-state index >= 15 is 0 Å². The van der Waals surface area contributed by atoms with E-state index in [0.29, 0.717) is 22.6 Å². The minimum atomic E-state index is -3.64. The number of nitrogens with zero attached hydrogens (tertiary/aromatic N) is 2. The van der Waals surface area contributed by atoms with Crippen LogP contribution < -0.4 is 4.74 Å². The normalized spacial score (nSPS) is 14.7. The van der Waals surface area contributed by atoms with Crippen molar-refractivity contribution < 1.29 is 13.2 Å². The van der Waals surface area contributed by atoms with Gasteiger partial charge in [0.2, 0.25) is 10.0 Å². The van der Waals surface area contributed by atoms with Crippen molar-refractivity contribution in [3.8, 4) is 5.75 Å². The first-order valence-electron chi connectivity index (χ1n) is 8.58. The molecule has 1 heterocycles. The number of pyridine rings is 1. The van der Waals surface area contributed by atoms with E-state index in [9.17, 15) is 8.42 Å². The van der Waals surface area contributed by atoms with Crippen LogP contribution in [0.3, 0.4) is 0 Å². The highest BCUT2D eigenvalue weighted by Gasteiger charge is 2.38. The SMILES string of the molecule is COc1ccc(S(=O)(=O)N(Cc2cccnc2)C2CC2)c2ccccc12. The Hall–Kier alpha value is -2.44. The summed E-state index contributed by atoms with van der Waals surface area (Å²) in [6, 6.07) is 14.6. The van der Waals surface area contributed by atoms with Crippen LogP contribution in [0.15, 0.2) is 65.8 Å². The van der Waals surface area contributed by atoms with Gasteiger partial charge in [-0.05, 0) is 36.6 Å². The fourth-order valence-corrected chi connectivity index (χ4v) is 5.09. The molecule has 6 heteroatoms. The molecule has 0 bridgehead atoms. The van der Waals surface area contributed by atoms with E-state index in [1.54, 1.807) is 35.9 Å². The standard InChI is InChI=1S/C20H20N2O3S/c1-25-19-10-11-20(18-7-3-2-6-17(18)19)26(23,24)22(16-8-9-16)14-15-5-4-12-21-13-15/h2-7,10-13,16H,8-9,14H2,1H3. The van der Waals surface area contributed by atoms with Gasteiger partial charge in [0.05, 0.1) is 12.0 Å². The number of rotatable bonds is 6. The molecule has 0 N–H and O–H groups in total. The summed E-state index contributed by atoms with van der Waals surface area (Å²) in [5.74, 6) is 0.671. The summed E-state index contributed by atoms with van der Waals surface area (Å²) in [7, 11) is -2.05. The lowest BCUT2D eigenvalue weighted by molar-refractivity contribution is 0.398. The predicted molar refractivity (Wildman–Crippen MR) is 100 cm³/mol. The minimum absolute atomic E-state index is 0.0565. The van der Waals surface area contributed by atoms with Gasteiger partial charge in [-0.2, -0.15) is 4.31 Å². The molecule has 26 heavy (non-hydrogen) atoms. The van der Waals surface area contributed by atoms with Crippen molar-refractivity contribution in [2.75, 3.05) is 7.11 Å². The summed E-state index contributed by atoms with van der Waals surface area (Å²) in [5, 5.41) is 1.48. The molecule has 0 radical (unpaired) electrons. The van der Waals surface area contributed by atoms with Gasteiger partial charge in [0.15, 0.2) is 0 Å². The summed E-state index contributed by atoms with van der Waals surface area (Å²) in [5.41, 5.74) is 0.890. The number of sulfonamides is 1.